The molecule has 1 heterocycles. The van der Waals surface area contributed by atoms with Crippen LogP contribution in [-0.4, -0.2) is 5.11 Å². The van der Waals surface area contributed by atoms with E-state index in [1.54, 1.807) is 0 Å². The number of nitrogens with one attached hydrogen (secondary N) is 1. The first-order valence-electron chi connectivity index (χ1n) is 4.13. The Labute approximate surface area is 91.7 Å². The molecule has 1 atom stereocenters. The molecule has 0 radical (unpaired) electrons. The molecule has 2 rings (SSSR count). The Morgan fingerprint density at radius 1 is 1.40 bits per heavy atom. The van der Waals surface area contributed by atoms with Crippen LogP contribution < -0.4 is 9.38 Å². The van der Waals surface area contributed by atoms with Crippen molar-refractivity contribution in [2.75, 3.05) is 0 Å². The molecule has 1 aromatic carbocycles. The van der Waals surface area contributed by atoms with E-state index in [0.717, 1.165) is 28.4 Å². The number of hydrogen-bond acceptors (Lipinski definition) is 5. The normalized spacial score (nSPS) is 21.3. The van der Waals surface area contributed by atoms with E-state index in [0.29, 0.717) is 0 Å². The zero-order chi connectivity index (χ0) is 10.5. The third-order valence-electron chi connectivity index (χ3n) is 1.63. The lowest BCUT2D eigenvalue weighted by Crippen LogP contribution is -1.96. The maximum atomic E-state index is 8.87. The van der Waals surface area contributed by atoms with Gasteiger partial charge in [0.2, 0.25) is 0 Å². The zero-order valence-corrected chi connectivity index (χ0v) is 10.3. The predicted molar refractivity (Wildman–Crippen MR) is 61.7 cm³/mol. The molecule has 5 nitrogen and oxygen atoms in total. The highest BCUT2D eigenvalue weighted by molar-refractivity contribution is 7.64. The lowest BCUT2D eigenvalue weighted by atomic mass is 10.2. The Morgan fingerprint density at radius 2 is 2.20 bits per heavy atom. The first-order valence-corrected chi connectivity index (χ1v) is 6.98. The number of benzene rings is 1. The number of rotatable bonds is 3. The lowest BCUT2D eigenvalue weighted by molar-refractivity contribution is 0.282. The van der Waals surface area contributed by atoms with E-state index in [1.807, 2.05) is 24.3 Å². The van der Waals surface area contributed by atoms with Crippen LogP contribution >= 0.6 is 25.5 Å². The van der Waals surface area contributed by atoms with Crippen LogP contribution in [0.4, 0.5) is 0 Å². The van der Waals surface area contributed by atoms with Gasteiger partial charge >= 0.3 is 8.45 Å². The van der Waals surface area contributed by atoms with Crippen LogP contribution in [0, 0.1) is 0 Å². The van der Waals surface area contributed by atoms with Crippen molar-refractivity contribution >= 4 is 25.5 Å². The molecule has 2 N–H and O–H groups in total. The van der Waals surface area contributed by atoms with E-state index in [1.165, 1.54) is 0 Å². The quantitative estimate of drug-likeness (QED) is 0.816. The minimum Gasteiger partial charge on any atom is -0.439 e. The molecule has 1 aliphatic heterocycles. The van der Waals surface area contributed by atoms with Gasteiger partial charge in [-0.15, -0.1) is 0 Å². The summed E-state index contributed by atoms with van der Waals surface area (Å²) in [5.74, 6) is 0.752. The summed E-state index contributed by atoms with van der Waals surface area (Å²) < 4.78 is 13.7. The van der Waals surface area contributed by atoms with Gasteiger partial charge in [0.25, 0.3) is 0 Å². The second kappa shape index (κ2) is 5.60. The smallest absolute Gasteiger partial charge is 0.311 e. The molecule has 0 fully saturated rings. The largest absolute Gasteiger partial charge is 0.439 e. The first kappa shape index (κ1) is 11.1. The minimum atomic E-state index is -0.968. The van der Waals surface area contributed by atoms with Crippen LogP contribution in [0.1, 0.15) is 5.56 Å². The van der Waals surface area contributed by atoms with Crippen molar-refractivity contribution in [1.29, 1.82) is 0 Å². The summed E-state index contributed by atoms with van der Waals surface area (Å²) >= 11 is 0. The van der Waals surface area contributed by atoms with Crippen LogP contribution in [0.25, 0.3) is 0 Å². The van der Waals surface area contributed by atoms with Crippen molar-refractivity contribution in [3.8, 4) is 5.75 Å². The summed E-state index contributed by atoms with van der Waals surface area (Å²) in [5.41, 5.74) is 0.870. The molecular formula is C7H8N3O2P3. The van der Waals surface area contributed by atoms with Gasteiger partial charge in [-0.25, -0.2) is 0 Å². The van der Waals surface area contributed by atoms with Crippen molar-refractivity contribution in [2.45, 2.75) is 6.61 Å². The average molecular weight is 259 g/mol. The summed E-state index contributed by atoms with van der Waals surface area (Å²) in [6.45, 7) is 0.0494. The standard InChI is InChI=1S/C7H8N3O2P3/c11-5-6-1-3-7(4-2-6)12-15-9-13-8-14-10-15/h1-4,11H,5H2,(H,8,9,10). The number of hydrogen-bond donors (Lipinski definition) is 2. The SMILES string of the molecule is OCc1ccc(OP2N=PN=PN2)cc1. The van der Waals surface area contributed by atoms with Gasteiger partial charge in [0.15, 0.2) is 8.52 Å². The van der Waals surface area contributed by atoms with Gasteiger partial charge in [0, 0.05) is 0 Å². The van der Waals surface area contributed by atoms with E-state index in [-0.39, 0.29) is 6.61 Å². The molecule has 0 aromatic heterocycles. The maximum Gasteiger partial charge on any atom is 0.311 e. The average Bonchev–Trinajstić information content (AvgIpc) is 2.31. The topological polar surface area (TPSA) is 66.2 Å². The summed E-state index contributed by atoms with van der Waals surface area (Å²) in [6, 6.07) is 7.30. The second-order valence-electron chi connectivity index (χ2n) is 2.63. The molecule has 1 aromatic rings. The molecule has 78 valence electrons. The first-order chi connectivity index (χ1) is 7.38. The molecule has 0 aliphatic carbocycles. The van der Waals surface area contributed by atoms with Gasteiger partial charge < -0.3 is 9.63 Å². The predicted octanol–water partition coefficient (Wildman–Crippen LogP) is 3.48. The van der Waals surface area contributed by atoms with Crippen LogP contribution in [-0.2, 0) is 6.61 Å². The highest BCUT2D eigenvalue weighted by atomic mass is 31.2. The van der Waals surface area contributed by atoms with Gasteiger partial charge in [0.05, 0.1) is 6.61 Å². The Morgan fingerprint density at radius 3 is 2.80 bits per heavy atom. The second-order valence-corrected chi connectivity index (χ2v) is 5.97. The Balaban J connectivity index is 1.98. The van der Waals surface area contributed by atoms with Crippen molar-refractivity contribution in [3.05, 3.63) is 29.8 Å². The Bertz CT molecular complexity index is 382. The third-order valence-corrected chi connectivity index (χ3v) is 4.71. The highest BCUT2D eigenvalue weighted by Gasteiger charge is 2.10. The van der Waals surface area contributed by atoms with Gasteiger partial charge in [-0.1, -0.05) is 12.1 Å². The maximum absolute atomic E-state index is 8.87. The van der Waals surface area contributed by atoms with Crippen LogP contribution in [0.5, 0.6) is 5.75 Å². The summed E-state index contributed by atoms with van der Waals surface area (Å²) in [4.78, 5) is 3.02. The molecule has 1 aliphatic rings. The summed E-state index contributed by atoms with van der Waals surface area (Å²) in [5, 5.41) is 8.87. The molecule has 15 heavy (non-hydrogen) atoms. The Hall–Kier alpha value is -0.430. The molecule has 8 heteroatoms. The van der Waals surface area contributed by atoms with Gasteiger partial charge in [-0.2, -0.15) is 13.9 Å². The van der Waals surface area contributed by atoms with Gasteiger partial charge in [-0.3, -0.25) is 0 Å². The number of aliphatic hydroxyl groups excluding tert-OH is 1. The van der Waals surface area contributed by atoms with Crippen molar-refractivity contribution < 1.29 is 9.63 Å². The van der Waals surface area contributed by atoms with Crippen molar-refractivity contribution in [3.63, 3.8) is 0 Å². The van der Waals surface area contributed by atoms with E-state index in [9.17, 15) is 0 Å². The zero-order valence-electron chi connectivity index (χ0n) is 7.61. The lowest BCUT2D eigenvalue weighted by Gasteiger charge is -2.12. The number of nitrogens with zero attached hydrogens (tertiary/aromatic N) is 2. The van der Waals surface area contributed by atoms with E-state index in [4.69, 9.17) is 9.63 Å². The van der Waals surface area contributed by atoms with E-state index in [2.05, 4.69) is 13.9 Å². The summed E-state index contributed by atoms with van der Waals surface area (Å²) in [6.07, 6.45) is 0. The van der Waals surface area contributed by atoms with Crippen LogP contribution in [0.3, 0.4) is 0 Å². The fourth-order valence-electron chi connectivity index (χ4n) is 0.947. The molecule has 0 saturated heterocycles. The molecule has 0 amide bonds. The van der Waals surface area contributed by atoms with Crippen molar-refractivity contribution in [2.24, 2.45) is 9.03 Å². The van der Waals surface area contributed by atoms with Crippen LogP contribution in [0.15, 0.2) is 33.3 Å². The van der Waals surface area contributed by atoms with E-state index >= 15 is 0 Å². The van der Waals surface area contributed by atoms with Gasteiger partial charge in [0.1, 0.15) is 14.3 Å². The molecule has 1 unspecified atom stereocenters. The third kappa shape index (κ3) is 3.27. The molecular weight excluding hydrogens is 251 g/mol. The molecule has 0 bridgehead atoms. The fraction of sp³-hybridized carbons (Fsp3) is 0.143. The molecule has 0 spiro atoms. The van der Waals surface area contributed by atoms with Crippen molar-refractivity contribution in [1.82, 2.24) is 4.86 Å². The minimum absolute atomic E-state index is 0.0494. The highest BCUT2D eigenvalue weighted by Crippen LogP contribution is 2.44. The van der Waals surface area contributed by atoms with Crippen LogP contribution in [0.2, 0.25) is 0 Å². The molecule has 0 saturated carbocycles. The summed E-state index contributed by atoms with van der Waals surface area (Å²) in [7, 11) is 0.565. The van der Waals surface area contributed by atoms with Gasteiger partial charge in [-0.05, 0) is 17.7 Å². The fourth-order valence-corrected chi connectivity index (χ4v) is 3.84. The monoisotopic (exact) mass is 259 g/mol. The Kier molecular flexibility index (Phi) is 4.13. The van der Waals surface area contributed by atoms with E-state index < -0.39 is 8.45 Å². The number of aliphatic hydroxyl groups is 1.